The summed E-state index contributed by atoms with van der Waals surface area (Å²) in [6.07, 6.45) is 11.4. The van der Waals surface area contributed by atoms with E-state index in [1.54, 1.807) is 0 Å². The van der Waals surface area contributed by atoms with E-state index in [0.717, 1.165) is 25.7 Å². The van der Waals surface area contributed by atoms with Gasteiger partial charge in [0.1, 0.15) is 11.2 Å². The second-order valence-electron chi connectivity index (χ2n) is 10.6. The van der Waals surface area contributed by atoms with Crippen molar-refractivity contribution in [2.45, 2.75) is 109 Å². The van der Waals surface area contributed by atoms with E-state index in [1.807, 2.05) is 58.0 Å². The maximum atomic E-state index is 13.4. The Bertz CT molecular complexity index is 681. The van der Waals surface area contributed by atoms with Crippen molar-refractivity contribution >= 4 is 11.9 Å². The Morgan fingerprint density at radius 3 is 1.48 bits per heavy atom. The van der Waals surface area contributed by atoms with Gasteiger partial charge in [0.15, 0.2) is 5.92 Å². The molecule has 0 heterocycles. The molecule has 4 nitrogen and oxygen atoms in total. The van der Waals surface area contributed by atoms with Crippen LogP contribution in [0.2, 0.25) is 0 Å². The highest BCUT2D eigenvalue weighted by molar-refractivity contribution is 6.01. The third kappa shape index (κ3) is 6.11. The zero-order valence-corrected chi connectivity index (χ0v) is 19.8. The Morgan fingerprint density at radius 2 is 1.10 bits per heavy atom. The summed E-state index contributed by atoms with van der Waals surface area (Å²) < 4.78 is 12.1. The second-order valence-corrected chi connectivity index (χ2v) is 10.6. The van der Waals surface area contributed by atoms with Crippen molar-refractivity contribution in [2.24, 2.45) is 11.8 Å². The molecule has 31 heavy (non-hydrogen) atoms. The van der Waals surface area contributed by atoms with Crippen LogP contribution in [0.1, 0.15) is 103 Å². The summed E-state index contributed by atoms with van der Waals surface area (Å²) >= 11 is 0. The van der Waals surface area contributed by atoms with Crippen LogP contribution in [0.5, 0.6) is 0 Å². The first-order valence-corrected chi connectivity index (χ1v) is 12.2. The number of esters is 2. The van der Waals surface area contributed by atoms with Gasteiger partial charge in [0, 0.05) is 0 Å². The summed E-state index contributed by atoms with van der Waals surface area (Å²) in [5.74, 6) is -1.38. The molecule has 0 amide bonds. The minimum Gasteiger partial charge on any atom is -0.458 e. The summed E-state index contributed by atoms with van der Waals surface area (Å²) in [4.78, 5) is 26.8. The van der Waals surface area contributed by atoms with Crippen LogP contribution < -0.4 is 0 Å². The van der Waals surface area contributed by atoms with Crippen LogP contribution in [0.4, 0.5) is 0 Å². The van der Waals surface area contributed by atoms with E-state index in [2.05, 4.69) is 0 Å². The molecule has 1 aromatic rings. The number of carbonyl (C=O) groups excluding carboxylic acids is 2. The molecule has 3 rings (SSSR count). The highest BCUT2D eigenvalue weighted by atomic mass is 16.6. The van der Waals surface area contributed by atoms with Crippen molar-refractivity contribution in [1.82, 2.24) is 0 Å². The molecule has 0 spiro atoms. The van der Waals surface area contributed by atoms with Crippen LogP contribution >= 0.6 is 0 Å². The van der Waals surface area contributed by atoms with Crippen molar-refractivity contribution in [3.8, 4) is 0 Å². The Hall–Kier alpha value is -1.84. The van der Waals surface area contributed by atoms with Crippen LogP contribution in [0.3, 0.4) is 0 Å². The lowest BCUT2D eigenvalue weighted by Crippen LogP contribution is -2.43. The fraction of sp³-hybridized carbons (Fsp3) is 0.704. The summed E-state index contributed by atoms with van der Waals surface area (Å²) in [6, 6.07) is 9.21. The first-order chi connectivity index (χ1) is 14.7. The average molecular weight is 429 g/mol. The Balaban J connectivity index is 1.77. The predicted molar refractivity (Wildman–Crippen MR) is 123 cm³/mol. The summed E-state index contributed by atoms with van der Waals surface area (Å²) in [5.41, 5.74) is -0.552. The van der Waals surface area contributed by atoms with E-state index < -0.39 is 29.1 Å². The number of hydrogen-bond donors (Lipinski definition) is 0. The molecule has 4 heteroatoms. The quantitative estimate of drug-likeness (QED) is 0.364. The summed E-state index contributed by atoms with van der Waals surface area (Å²) in [5, 5.41) is 0. The molecule has 1 aromatic carbocycles. The molecule has 0 saturated heterocycles. The van der Waals surface area contributed by atoms with Gasteiger partial charge in [-0.15, -0.1) is 0 Å². The highest BCUT2D eigenvalue weighted by Crippen LogP contribution is 2.38. The normalized spacial score (nSPS) is 19.3. The topological polar surface area (TPSA) is 52.6 Å². The number of hydrogen-bond acceptors (Lipinski definition) is 4. The van der Waals surface area contributed by atoms with E-state index in [-0.39, 0.29) is 0 Å². The van der Waals surface area contributed by atoms with Gasteiger partial charge in [-0.05, 0) is 70.8 Å². The average Bonchev–Trinajstić information content (AvgIpc) is 2.75. The van der Waals surface area contributed by atoms with Gasteiger partial charge < -0.3 is 9.47 Å². The third-order valence-electron chi connectivity index (χ3n) is 7.51. The van der Waals surface area contributed by atoms with Gasteiger partial charge in [-0.3, -0.25) is 9.59 Å². The van der Waals surface area contributed by atoms with Gasteiger partial charge in [-0.2, -0.15) is 0 Å². The molecule has 2 saturated carbocycles. The maximum absolute atomic E-state index is 13.4. The van der Waals surface area contributed by atoms with Gasteiger partial charge >= 0.3 is 11.9 Å². The largest absolute Gasteiger partial charge is 0.458 e. The molecular formula is C27H40O4. The predicted octanol–water partition coefficient (Wildman–Crippen LogP) is 6.57. The van der Waals surface area contributed by atoms with Gasteiger partial charge in [0.05, 0.1) is 0 Å². The number of ether oxygens (including phenoxy) is 2. The molecule has 0 atom stereocenters. The molecule has 0 aromatic heterocycles. The first-order valence-electron chi connectivity index (χ1n) is 12.2. The number of benzene rings is 1. The van der Waals surface area contributed by atoms with Crippen LogP contribution in [-0.4, -0.2) is 23.1 Å². The molecule has 0 N–H and O–H groups in total. The Kier molecular flexibility index (Phi) is 7.82. The van der Waals surface area contributed by atoms with Crippen LogP contribution in [0.25, 0.3) is 0 Å². The van der Waals surface area contributed by atoms with Crippen LogP contribution in [0, 0.1) is 11.8 Å². The zero-order valence-electron chi connectivity index (χ0n) is 19.8. The molecule has 0 unspecified atom stereocenters. The smallest absolute Gasteiger partial charge is 0.325 e. The fourth-order valence-corrected chi connectivity index (χ4v) is 5.41. The van der Waals surface area contributed by atoms with E-state index in [4.69, 9.17) is 9.47 Å². The van der Waals surface area contributed by atoms with Crippen molar-refractivity contribution in [1.29, 1.82) is 0 Å². The SMILES string of the molecule is CC(C)(OC(=O)C(C(=O)OC(C)(C)C1CCCCC1)c1ccccc1)C1CCCCC1. The van der Waals surface area contributed by atoms with E-state index in [1.165, 1.54) is 38.5 Å². The molecule has 2 fully saturated rings. The molecule has 0 radical (unpaired) electrons. The van der Waals surface area contributed by atoms with E-state index in [0.29, 0.717) is 17.4 Å². The fourth-order valence-electron chi connectivity index (χ4n) is 5.41. The molecule has 172 valence electrons. The second kappa shape index (κ2) is 10.2. The summed E-state index contributed by atoms with van der Waals surface area (Å²) in [6.45, 7) is 7.95. The lowest BCUT2D eigenvalue weighted by atomic mass is 9.78. The van der Waals surface area contributed by atoms with Crippen molar-refractivity contribution in [2.75, 3.05) is 0 Å². The van der Waals surface area contributed by atoms with Gasteiger partial charge in [0.25, 0.3) is 0 Å². The molecule has 0 aliphatic heterocycles. The lowest BCUT2D eigenvalue weighted by molar-refractivity contribution is -0.178. The Morgan fingerprint density at radius 1 is 0.710 bits per heavy atom. The van der Waals surface area contributed by atoms with Gasteiger partial charge in [-0.25, -0.2) is 0 Å². The monoisotopic (exact) mass is 428 g/mol. The minimum atomic E-state index is -1.05. The van der Waals surface area contributed by atoms with Gasteiger partial charge in [0.2, 0.25) is 0 Å². The minimum absolute atomic E-state index is 0.330. The Labute approximate surface area is 188 Å². The van der Waals surface area contributed by atoms with Crippen molar-refractivity contribution in [3.05, 3.63) is 35.9 Å². The number of carbonyl (C=O) groups is 2. The molecule has 0 bridgehead atoms. The standard InChI is InChI=1S/C27H40O4/c1-26(2,21-16-10-6-11-17-21)30-24(28)23(20-14-8-5-9-15-20)25(29)31-27(3,4)22-18-12-7-13-19-22/h5,8-9,14-15,21-23H,6-7,10-13,16-19H2,1-4H3. The summed E-state index contributed by atoms with van der Waals surface area (Å²) in [7, 11) is 0. The first kappa shape index (κ1) is 23.8. The highest BCUT2D eigenvalue weighted by Gasteiger charge is 2.42. The van der Waals surface area contributed by atoms with Crippen molar-refractivity contribution < 1.29 is 19.1 Å². The van der Waals surface area contributed by atoms with Gasteiger partial charge in [-0.1, -0.05) is 68.9 Å². The molecule has 2 aliphatic rings. The van der Waals surface area contributed by atoms with Crippen LogP contribution in [-0.2, 0) is 19.1 Å². The third-order valence-corrected chi connectivity index (χ3v) is 7.51. The van der Waals surface area contributed by atoms with Crippen molar-refractivity contribution in [3.63, 3.8) is 0 Å². The van der Waals surface area contributed by atoms with E-state index >= 15 is 0 Å². The number of rotatable bonds is 7. The molecular weight excluding hydrogens is 388 g/mol. The lowest BCUT2D eigenvalue weighted by Gasteiger charge is -2.39. The molecule has 2 aliphatic carbocycles. The maximum Gasteiger partial charge on any atom is 0.325 e. The van der Waals surface area contributed by atoms with Crippen LogP contribution in [0.15, 0.2) is 30.3 Å². The van der Waals surface area contributed by atoms with E-state index in [9.17, 15) is 9.59 Å². The zero-order chi connectivity index (χ0) is 22.5.